The summed E-state index contributed by atoms with van der Waals surface area (Å²) in [5.41, 5.74) is 3.57. The molecular formula is C26H23F2N7O3. The first-order valence-corrected chi connectivity index (χ1v) is 12.2. The number of halogens is 2. The molecule has 0 aliphatic carbocycles. The Morgan fingerprint density at radius 1 is 0.868 bits per heavy atom. The molecule has 38 heavy (non-hydrogen) atoms. The van der Waals surface area contributed by atoms with E-state index in [0.29, 0.717) is 60.1 Å². The van der Waals surface area contributed by atoms with Crippen LogP contribution in [0.15, 0.2) is 54.9 Å². The number of aromatic amines is 1. The Hall–Kier alpha value is -4.61. The van der Waals surface area contributed by atoms with Crippen LogP contribution in [-0.2, 0) is 11.2 Å². The largest absolute Gasteiger partial charge is 0.435 e. The summed E-state index contributed by atoms with van der Waals surface area (Å²) in [5, 5.41) is 11.4. The molecule has 6 rings (SSSR count). The van der Waals surface area contributed by atoms with Crippen molar-refractivity contribution < 1.29 is 23.1 Å². The maximum absolute atomic E-state index is 13.9. The zero-order valence-corrected chi connectivity index (χ0v) is 20.2. The number of amides is 2. The van der Waals surface area contributed by atoms with E-state index in [1.165, 1.54) is 23.1 Å². The summed E-state index contributed by atoms with van der Waals surface area (Å²) in [6.07, 6.45) is 4.29. The molecule has 1 fully saturated rings. The average molecular weight is 520 g/mol. The number of H-pyrrole nitrogens is 1. The Labute approximate surface area is 215 Å². The minimum atomic E-state index is -2.94. The number of anilines is 2. The first kappa shape index (κ1) is 23.8. The van der Waals surface area contributed by atoms with Crippen molar-refractivity contribution in [2.24, 2.45) is 0 Å². The Morgan fingerprint density at radius 2 is 1.58 bits per heavy atom. The Morgan fingerprint density at radius 3 is 2.24 bits per heavy atom. The molecule has 2 amide bonds. The van der Waals surface area contributed by atoms with Gasteiger partial charge in [-0.15, -0.1) is 0 Å². The molecule has 0 bridgehead atoms. The molecule has 0 saturated carbocycles. The number of rotatable bonds is 6. The van der Waals surface area contributed by atoms with E-state index in [-0.39, 0.29) is 17.6 Å². The first-order chi connectivity index (χ1) is 18.5. The summed E-state index contributed by atoms with van der Waals surface area (Å²) in [6.45, 7) is -1.83. The smallest absolute Gasteiger partial charge is 0.387 e. The Bertz CT molecular complexity index is 1470. The third-order valence-electron chi connectivity index (χ3n) is 6.76. The number of benzene rings is 2. The van der Waals surface area contributed by atoms with Crippen molar-refractivity contribution in [2.75, 3.05) is 22.9 Å². The zero-order valence-electron chi connectivity index (χ0n) is 20.2. The van der Waals surface area contributed by atoms with Gasteiger partial charge in [0.15, 0.2) is 5.82 Å². The molecule has 0 atom stereocenters. The van der Waals surface area contributed by atoms with E-state index in [1.807, 2.05) is 24.3 Å². The lowest BCUT2D eigenvalue weighted by Crippen LogP contribution is -2.39. The molecule has 4 aromatic rings. The van der Waals surface area contributed by atoms with Crippen LogP contribution in [0.1, 0.15) is 35.3 Å². The third kappa shape index (κ3) is 4.27. The number of piperidine rings is 1. The summed E-state index contributed by atoms with van der Waals surface area (Å²) in [6, 6.07) is 13.3. The predicted molar refractivity (Wildman–Crippen MR) is 134 cm³/mol. The summed E-state index contributed by atoms with van der Waals surface area (Å²) in [7, 11) is 0. The van der Waals surface area contributed by atoms with Crippen LogP contribution in [-0.4, -0.2) is 56.5 Å². The molecule has 0 unspecified atom stereocenters. The normalized spacial score (nSPS) is 15.8. The lowest BCUT2D eigenvalue weighted by molar-refractivity contribution is -0.119. The van der Waals surface area contributed by atoms with Gasteiger partial charge in [0.05, 0.1) is 5.69 Å². The topological polar surface area (TPSA) is 109 Å². The van der Waals surface area contributed by atoms with Gasteiger partial charge in [0.2, 0.25) is 5.91 Å². The highest BCUT2D eigenvalue weighted by Crippen LogP contribution is 2.33. The van der Waals surface area contributed by atoms with Crippen LogP contribution in [0.25, 0.3) is 17.2 Å². The van der Waals surface area contributed by atoms with Gasteiger partial charge in [0.25, 0.3) is 5.91 Å². The molecule has 194 valence electrons. The second kappa shape index (κ2) is 9.69. The van der Waals surface area contributed by atoms with Crippen LogP contribution in [0.3, 0.4) is 0 Å². The molecule has 1 N–H and O–H groups in total. The number of hydrogen-bond donors (Lipinski definition) is 1. The fourth-order valence-corrected chi connectivity index (χ4v) is 4.96. The summed E-state index contributed by atoms with van der Waals surface area (Å²) < 4.78 is 31.2. The number of hydrogen-bond acceptors (Lipinski definition) is 6. The summed E-state index contributed by atoms with van der Waals surface area (Å²) >= 11 is 0. The Kier molecular flexibility index (Phi) is 6.06. The van der Waals surface area contributed by atoms with Crippen LogP contribution >= 0.6 is 0 Å². The van der Waals surface area contributed by atoms with Gasteiger partial charge < -0.3 is 14.5 Å². The maximum atomic E-state index is 13.9. The van der Waals surface area contributed by atoms with E-state index >= 15 is 0 Å². The highest BCUT2D eigenvalue weighted by molar-refractivity contribution is 6.08. The van der Waals surface area contributed by atoms with Crippen molar-refractivity contribution in [3.05, 3.63) is 66.1 Å². The second-order valence-electron chi connectivity index (χ2n) is 9.02. The van der Waals surface area contributed by atoms with Crippen molar-refractivity contribution >= 4 is 23.2 Å². The standard InChI is InChI=1S/C26H23F2N7O3/c27-26(28)38-19-10-8-18(9-11-19)35-23-20(22(32-35)24-29-15-30-31-24)12-14-34(25(23)37)17-6-4-16(5-7-17)33-13-2-1-3-21(33)36/h4-11,15,26H,1-3,12-14H2,(H,29,30,31). The number of ether oxygens (including phenoxy) is 1. The summed E-state index contributed by atoms with van der Waals surface area (Å²) in [4.78, 5) is 33.8. The van der Waals surface area contributed by atoms with Gasteiger partial charge >= 0.3 is 6.61 Å². The van der Waals surface area contributed by atoms with Crippen molar-refractivity contribution in [2.45, 2.75) is 32.3 Å². The second-order valence-corrected chi connectivity index (χ2v) is 9.02. The highest BCUT2D eigenvalue weighted by atomic mass is 19.3. The van der Waals surface area contributed by atoms with Crippen LogP contribution in [0, 0.1) is 0 Å². The first-order valence-electron chi connectivity index (χ1n) is 12.2. The van der Waals surface area contributed by atoms with Gasteiger partial charge in [0.1, 0.15) is 23.5 Å². The predicted octanol–water partition coefficient (Wildman–Crippen LogP) is 3.98. The molecule has 1 saturated heterocycles. The molecule has 12 heteroatoms. The van der Waals surface area contributed by atoms with Crippen LogP contribution in [0.4, 0.5) is 20.2 Å². The molecule has 10 nitrogen and oxygen atoms in total. The number of carbonyl (C=O) groups is 2. The molecule has 2 aliphatic rings. The van der Waals surface area contributed by atoms with Gasteiger partial charge in [0, 0.05) is 36.4 Å². The molecule has 2 aromatic carbocycles. The van der Waals surface area contributed by atoms with Crippen LogP contribution in [0.2, 0.25) is 0 Å². The molecular weight excluding hydrogens is 496 g/mol. The van der Waals surface area contributed by atoms with Crippen LogP contribution in [0.5, 0.6) is 5.75 Å². The number of aromatic nitrogens is 5. The number of carbonyl (C=O) groups excluding carboxylic acids is 2. The minimum absolute atomic E-state index is 0.000428. The van der Waals surface area contributed by atoms with Crippen LogP contribution < -0.4 is 14.5 Å². The average Bonchev–Trinajstić information content (AvgIpc) is 3.58. The van der Waals surface area contributed by atoms with Gasteiger partial charge in [-0.3, -0.25) is 14.7 Å². The van der Waals surface area contributed by atoms with E-state index in [1.54, 1.807) is 21.9 Å². The maximum Gasteiger partial charge on any atom is 0.387 e. The molecule has 0 radical (unpaired) electrons. The lowest BCUT2D eigenvalue weighted by Gasteiger charge is -2.29. The summed E-state index contributed by atoms with van der Waals surface area (Å²) in [5.74, 6) is 0.269. The SMILES string of the molecule is O=C1CCCCN1c1ccc(N2CCc3c(-c4ncn[nH]4)nn(-c4ccc(OC(F)F)cc4)c3C2=O)cc1. The quantitative estimate of drug-likeness (QED) is 0.413. The van der Waals surface area contributed by atoms with Crippen molar-refractivity contribution in [1.82, 2.24) is 25.0 Å². The number of alkyl halides is 2. The lowest BCUT2D eigenvalue weighted by atomic mass is 10.0. The highest BCUT2D eigenvalue weighted by Gasteiger charge is 2.34. The molecule has 2 aromatic heterocycles. The van der Waals surface area contributed by atoms with Crippen molar-refractivity contribution in [3.8, 4) is 23.0 Å². The third-order valence-corrected chi connectivity index (χ3v) is 6.76. The van der Waals surface area contributed by atoms with Gasteiger partial charge in [-0.2, -0.15) is 19.0 Å². The fourth-order valence-electron chi connectivity index (χ4n) is 4.96. The monoisotopic (exact) mass is 519 g/mol. The van der Waals surface area contributed by atoms with Crippen molar-refractivity contribution in [3.63, 3.8) is 0 Å². The van der Waals surface area contributed by atoms with E-state index in [4.69, 9.17) is 0 Å². The molecule has 0 spiro atoms. The molecule has 2 aliphatic heterocycles. The Balaban J connectivity index is 1.35. The van der Waals surface area contributed by atoms with Gasteiger partial charge in [-0.1, -0.05) is 0 Å². The number of fused-ring (bicyclic) bond motifs is 1. The minimum Gasteiger partial charge on any atom is -0.435 e. The number of nitrogens with zero attached hydrogens (tertiary/aromatic N) is 6. The van der Waals surface area contributed by atoms with Gasteiger partial charge in [-0.25, -0.2) is 9.67 Å². The zero-order chi connectivity index (χ0) is 26.2. The van der Waals surface area contributed by atoms with E-state index in [0.717, 1.165) is 18.5 Å². The van der Waals surface area contributed by atoms with E-state index in [9.17, 15) is 18.4 Å². The molecule has 4 heterocycles. The van der Waals surface area contributed by atoms with Crippen molar-refractivity contribution in [1.29, 1.82) is 0 Å². The van der Waals surface area contributed by atoms with E-state index < -0.39 is 6.61 Å². The fraction of sp³-hybridized carbons (Fsp3) is 0.269. The number of nitrogens with one attached hydrogen (secondary N) is 1. The van der Waals surface area contributed by atoms with E-state index in [2.05, 4.69) is 25.0 Å². The van der Waals surface area contributed by atoms with Gasteiger partial charge in [-0.05, 0) is 67.8 Å².